The Morgan fingerprint density at radius 3 is 2.62 bits per heavy atom. The highest BCUT2D eigenvalue weighted by atomic mass is 19.1. The Bertz CT molecular complexity index is 1560. The van der Waals surface area contributed by atoms with E-state index in [1.165, 1.54) is 13.2 Å². The van der Waals surface area contributed by atoms with Gasteiger partial charge in [0.25, 0.3) is 5.56 Å². The van der Waals surface area contributed by atoms with Crippen molar-refractivity contribution < 1.29 is 23.8 Å². The fraction of sp³-hybridized carbons (Fsp3) is 0.483. The van der Waals surface area contributed by atoms with E-state index in [2.05, 4.69) is 23.9 Å². The number of cyclic esters (lactones) is 1. The van der Waals surface area contributed by atoms with Crippen LogP contribution in [0.5, 0.6) is 5.75 Å². The smallest absolute Gasteiger partial charge is 0.343 e. The van der Waals surface area contributed by atoms with Crippen molar-refractivity contribution in [1.82, 2.24) is 19.4 Å². The van der Waals surface area contributed by atoms with Crippen molar-refractivity contribution in [2.75, 3.05) is 34.3 Å². The van der Waals surface area contributed by atoms with Crippen molar-refractivity contribution in [2.45, 2.75) is 57.5 Å². The van der Waals surface area contributed by atoms with E-state index in [1.807, 2.05) is 0 Å². The van der Waals surface area contributed by atoms with Crippen LogP contribution in [-0.4, -0.2) is 70.8 Å². The maximum absolute atomic E-state index is 14.8. The topological polar surface area (TPSA) is 97.1 Å². The van der Waals surface area contributed by atoms with E-state index in [1.54, 1.807) is 23.6 Å². The number of pyridine rings is 2. The molecule has 3 aliphatic rings. The summed E-state index contributed by atoms with van der Waals surface area (Å²) < 4.78 is 27.0. The maximum atomic E-state index is 14.8. The molecule has 3 aliphatic heterocycles. The van der Waals surface area contributed by atoms with Crippen molar-refractivity contribution in [3.8, 4) is 17.1 Å². The van der Waals surface area contributed by atoms with Gasteiger partial charge in [-0.05, 0) is 64.1 Å². The highest BCUT2D eigenvalue weighted by Gasteiger charge is 2.45. The molecule has 10 heteroatoms. The van der Waals surface area contributed by atoms with Crippen LogP contribution in [0.1, 0.15) is 48.4 Å². The third-order valence-corrected chi connectivity index (χ3v) is 8.75. The van der Waals surface area contributed by atoms with Gasteiger partial charge in [-0.1, -0.05) is 6.92 Å². The normalized spacial score (nSPS) is 21.2. The predicted octanol–water partition coefficient (Wildman–Crippen LogP) is 2.75. The zero-order chi connectivity index (χ0) is 27.6. The molecular weight excluding hydrogens is 503 g/mol. The Morgan fingerprint density at radius 2 is 1.95 bits per heavy atom. The van der Waals surface area contributed by atoms with Crippen LogP contribution in [0.25, 0.3) is 22.3 Å². The molecule has 9 nitrogen and oxygen atoms in total. The van der Waals surface area contributed by atoms with Gasteiger partial charge < -0.3 is 24.0 Å². The van der Waals surface area contributed by atoms with Gasteiger partial charge in [-0.25, -0.2) is 14.2 Å². The second kappa shape index (κ2) is 9.39. The van der Waals surface area contributed by atoms with Gasteiger partial charge in [0.2, 0.25) is 0 Å². The number of rotatable bonds is 5. The molecule has 2 aromatic heterocycles. The monoisotopic (exact) mass is 536 g/mol. The summed E-state index contributed by atoms with van der Waals surface area (Å²) in [6, 6.07) is 5.29. The lowest BCUT2D eigenvalue weighted by Gasteiger charge is -2.35. The highest BCUT2D eigenvalue weighted by molar-refractivity contribution is 5.90. The summed E-state index contributed by atoms with van der Waals surface area (Å²) in [4.78, 5) is 35.7. The molecule has 0 bridgehead atoms. The number of hydrogen-bond acceptors (Lipinski definition) is 8. The van der Waals surface area contributed by atoms with Gasteiger partial charge >= 0.3 is 5.97 Å². The van der Waals surface area contributed by atoms with Gasteiger partial charge in [0.15, 0.2) is 17.2 Å². The Labute approximate surface area is 225 Å². The zero-order valence-electron chi connectivity index (χ0n) is 22.7. The average Bonchev–Trinajstić information content (AvgIpc) is 3.29. The largest absolute Gasteiger partial charge is 0.494 e. The van der Waals surface area contributed by atoms with E-state index < -0.39 is 17.4 Å². The first kappa shape index (κ1) is 25.9. The Kier molecular flexibility index (Phi) is 6.24. The molecule has 1 aromatic carbocycles. The van der Waals surface area contributed by atoms with Crippen molar-refractivity contribution in [1.29, 1.82) is 0 Å². The second-order valence-corrected chi connectivity index (χ2v) is 11.0. The van der Waals surface area contributed by atoms with Gasteiger partial charge in [-0.2, -0.15) is 0 Å². The SMILES string of the molecule is CC[C@@]1(O)C(=O)OCc2c1cc1n(c2=O)Cc2c-1nc1cc(F)c(OC)cc1c2CN1CCC(N(C)C)CC1. The predicted molar refractivity (Wildman–Crippen MR) is 143 cm³/mol. The number of methoxy groups -OCH3 is 1. The van der Waals surface area contributed by atoms with Gasteiger partial charge in [0.05, 0.1) is 36.1 Å². The van der Waals surface area contributed by atoms with Crippen LogP contribution >= 0.6 is 0 Å². The summed E-state index contributed by atoms with van der Waals surface area (Å²) in [5.74, 6) is -1.13. The number of piperidine rings is 1. The van der Waals surface area contributed by atoms with Crippen molar-refractivity contribution in [3.63, 3.8) is 0 Å². The molecule has 0 aliphatic carbocycles. The lowest BCUT2D eigenvalue weighted by Crippen LogP contribution is -2.44. The first-order valence-corrected chi connectivity index (χ1v) is 13.4. The summed E-state index contributed by atoms with van der Waals surface area (Å²) in [7, 11) is 5.66. The minimum atomic E-state index is -1.90. The molecular formula is C29H33FN4O5. The summed E-state index contributed by atoms with van der Waals surface area (Å²) >= 11 is 0. The molecule has 6 rings (SSSR count). The summed E-state index contributed by atoms with van der Waals surface area (Å²) in [6.07, 6.45) is 2.16. The second-order valence-electron chi connectivity index (χ2n) is 11.0. The van der Waals surface area contributed by atoms with E-state index in [-0.39, 0.29) is 35.5 Å². The number of carbonyl (C=O) groups excluding carboxylic acids is 1. The Morgan fingerprint density at radius 1 is 1.21 bits per heavy atom. The average molecular weight is 537 g/mol. The van der Waals surface area contributed by atoms with Gasteiger partial charge in [-0.15, -0.1) is 0 Å². The number of carbonyl (C=O) groups is 1. The molecule has 0 amide bonds. The van der Waals surface area contributed by atoms with Crippen LogP contribution in [0.3, 0.4) is 0 Å². The number of esters is 1. The quantitative estimate of drug-likeness (QED) is 0.389. The first-order chi connectivity index (χ1) is 18.7. The fourth-order valence-corrected chi connectivity index (χ4v) is 6.32. The van der Waals surface area contributed by atoms with E-state index in [4.69, 9.17) is 14.5 Å². The van der Waals surface area contributed by atoms with Crippen molar-refractivity contribution in [2.24, 2.45) is 0 Å². The fourth-order valence-electron chi connectivity index (χ4n) is 6.32. The number of halogens is 1. The molecule has 1 fully saturated rings. The van der Waals surface area contributed by atoms with Crippen LogP contribution in [0.2, 0.25) is 0 Å². The molecule has 0 radical (unpaired) electrons. The van der Waals surface area contributed by atoms with E-state index in [0.29, 0.717) is 36.0 Å². The minimum Gasteiger partial charge on any atom is -0.494 e. The molecule has 5 heterocycles. The van der Waals surface area contributed by atoms with Crippen LogP contribution in [0, 0.1) is 5.82 Å². The van der Waals surface area contributed by atoms with E-state index in [0.717, 1.165) is 42.4 Å². The molecule has 206 valence electrons. The number of benzene rings is 1. The third-order valence-electron chi connectivity index (χ3n) is 8.75. The highest BCUT2D eigenvalue weighted by Crippen LogP contribution is 2.41. The Hall–Kier alpha value is -3.34. The van der Waals surface area contributed by atoms with Crippen molar-refractivity contribution in [3.05, 3.63) is 56.6 Å². The first-order valence-electron chi connectivity index (χ1n) is 13.4. The van der Waals surface area contributed by atoms with Crippen LogP contribution in [0.15, 0.2) is 23.0 Å². The molecule has 1 N–H and O–H groups in total. The molecule has 1 saturated heterocycles. The molecule has 1 atom stereocenters. The Balaban J connectivity index is 1.52. The van der Waals surface area contributed by atoms with E-state index >= 15 is 0 Å². The number of fused-ring (bicyclic) bond motifs is 5. The summed E-state index contributed by atoms with van der Waals surface area (Å²) in [6.45, 7) is 4.25. The number of likely N-dealkylation sites (tertiary alicyclic amines) is 1. The number of ether oxygens (including phenoxy) is 2. The minimum absolute atomic E-state index is 0.0683. The number of aliphatic hydroxyl groups is 1. The number of aromatic nitrogens is 2. The van der Waals surface area contributed by atoms with Gasteiger partial charge in [0, 0.05) is 35.2 Å². The lowest BCUT2D eigenvalue weighted by atomic mass is 9.86. The number of nitrogens with zero attached hydrogens (tertiary/aromatic N) is 4. The van der Waals surface area contributed by atoms with Gasteiger partial charge in [0.1, 0.15) is 6.61 Å². The summed E-state index contributed by atoms with van der Waals surface area (Å²) in [5, 5.41) is 12.0. The van der Waals surface area contributed by atoms with Crippen LogP contribution in [-0.2, 0) is 34.8 Å². The molecule has 0 spiro atoms. The standard InChI is InChI=1S/C29H33FN4O5/c1-5-29(37)21-11-24-26-19(14-34(24)27(35)20(21)15-39-28(29)36)18(13-33-8-6-16(7-9-33)32(2)3)17-10-25(38-4)22(30)12-23(17)31-26/h10-12,16,37H,5-9,13-15H2,1-4H3/t29-/m0/s1. The zero-order valence-corrected chi connectivity index (χ0v) is 22.7. The molecule has 39 heavy (non-hydrogen) atoms. The summed E-state index contributed by atoms with van der Waals surface area (Å²) in [5.41, 5.74) is 1.75. The van der Waals surface area contributed by atoms with Crippen LogP contribution in [0.4, 0.5) is 4.39 Å². The van der Waals surface area contributed by atoms with Gasteiger partial charge in [-0.3, -0.25) is 9.69 Å². The van der Waals surface area contributed by atoms with Crippen molar-refractivity contribution >= 4 is 16.9 Å². The molecule has 3 aromatic rings. The van der Waals surface area contributed by atoms with Crippen LogP contribution < -0.4 is 10.3 Å². The number of hydrogen-bond donors (Lipinski definition) is 1. The van der Waals surface area contributed by atoms with E-state index in [9.17, 15) is 19.1 Å². The lowest BCUT2D eigenvalue weighted by molar-refractivity contribution is -0.172. The third kappa shape index (κ3) is 3.96. The molecule has 0 unspecified atom stereocenters. The molecule has 0 saturated carbocycles. The maximum Gasteiger partial charge on any atom is 0.343 e.